The van der Waals surface area contributed by atoms with Gasteiger partial charge in [-0.15, -0.1) is 0 Å². The Kier molecular flexibility index (Phi) is 3.36. The van der Waals surface area contributed by atoms with Crippen LogP contribution in [0.5, 0.6) is 5.75 Å². The van der Waals surface area contributed by atoms with Gasteiger partial charge in [0.2, 0.25) is 0 Å². The van der Waals surface area contributed by atoms with Crippen molar-refractivity contribution in [1.82, 2.24) is 10.3 Å². The molecule has 0 spiro atoms. The van der Waals surface area contributed by atoms with E-state index in [1.165, 1.54) is 7.11 Å². The number of methoxy groups -OCH3 is 1. The molecule has 1 unspecified atom stereocenters. The molecule has 16 heavy (non-hydrogen) atoms. The van der Waals surface area contributed by atoms with E-state index >= 15 is 0 Å². The molecular weight excluding hydrogens is 208 g/mol. The van der Waals surface area contributed by atoms with Gasteiger partial charge < -0.3 is 14.8 Å². The Morgan fingerprint density at radius 2 is 2.50 bits per heavy atom. The second kappa shape index (κ2) is 4.94. The van der Waals surface area contributed by atoms with E-state index in [0.717, 1.165) is 5.75 Å². The zero-order chi connectivity index (χ0) is 11.4. The molecule has 5 heteroatoms. The molecule has 1 aliphatic rings. The van der Waals surface area contributed by atoms with E-state index in [4.69, 9.17) is 4.74 Å². The number of aromatic nitrogens is 1. The molecule has 2 atom stereocenters. The standard InChI is InChI=1S/C11H14N2O3/c1-15-11(14)10-5-9(7-13-10)16-8-3-2-4-12-6-8/h2-4,6,9-10,13H,5,7H2,1H3/t9?,10-/m0/s1. The number of nitrogens with zero attached hydrogens (tertiary/aromatic N) is 1. The SMILES string of the molecule is COC(=O)[C@@H]1CC(Oc2cccnc2)CN1. The smallest absolute Gasteiger partial charge is 0.323 e. The van der Waals surface area contributed by atoms with E-state index in [-0.39, 0.29) is 18.1 Å². The molecule has 0 bridgehead atoms. The minimum atomic E-state index is -0.258. The summed E-state index contributed by atoms with van der Waals surface area (Å²) < 4.78 is 10.3. The maximum absolute atomic E-state index is 11.3. The van der Waals surface area contributed by atoms with Crippen LogP contribution in [0.3, 0.4) is 0 Å². The molecule has 2 rings (SSSR count). The number of ether oxygens (including phenoxy) is 2. The molecule has 86 valence electrons. The van der Waals surface area contributed by atoms with Crippen LogP contribution in [0.25, 0.3) is 0 Å². The highest BCUT2D eigenvalue weighted by Crippen LogP contribution is 2.16. The maximum Gasteiger partial charge on any atom is 0.323 e. The Hall–Kier alpha value is -1.62. The minimum absolute atomic E-state index is 0.00620. The van der Waals surface area contributed by atoms with Gasteiger partial charge in [0, 0.05) is 19.2 Å². The van der Waals surface area contributed by atoms with Gasteiger partial charge in [-0.05, 0) is 12.1 Å². The van der Waals surface area contributed by atoms with Crippen molar-refractivity contribution in [2.75, 3.05) is 13.7 Å². The minimum Gasteiger partial charge on any atom is -0.487 e. The third-order valence-corrected chi connectivity index (χ3v) is 2.51. The lowest BCUT2D eigenvalue weighted by molar-refractivity contribution is -0.142. The van der Waals surface area contributed by atoms with Crippen LogP contribution in [-0.4, -0.2) is 36.8 Å². The van der Waals surface area contributed by atoms with E-state index in [0.29, 0.717) is 13.0 Å². The van der Waals surface area contributed by atoms with Gasteiger partial charge in [-0.25, -0.2) is 0 Å². The normalized spacial score (nSPS) is 24.1. The first-order valence-corrected chi connectivity index (χ1v) is 5.17. The first kappa shape index (κ1) is 10.9. The van der Waals surface area contributed by atoms with Crippen LogP contribution < -0.4 is 10.1 Å². The Bertz CT molecular complexity index is 356. The van der Waals surface area contributed by atoms with Crippen LogP contribution in [-0.2, 0) is 9.53 Å². The number of rotatable bonds is 3. The molecule has 5 nitrogen and oxygen atoms in total. The zero-order valence-corrected chi connectivity index (χ0v) is 9.05. The third-order valence-electron chi connectivity index (χ3n) is 2.51. The van der Waals surface area contributed by atoms with Crippen LogP contribution in [0, 0.1) is 0 Å². The fourth-order valence-electron chi connectivity index (χ4n) is 1.72. The number of hydrogen-bond acceptors (Lipinski definition) is 5. The summed E-state index contributed by atoms with van der Waals surface area (Å²) in [7, 11) is 1.39. The molecule has 0 aliphatic carbocycles. The van der Waals surface area contributed by atoms with Gasteiger partial charge in [0.15, 0.2) is 0 Å². The number of esters is 1. The summed E-state index contributed by atoms with van der Waals surface area (Å²) in [6.45, 7) is 0.647. The first-order valence-electron chi connectivity index (χ1n) is 5.17. The van der Waals surface area contributed by atoms with E-state index in [1.54, 1.807) is 12.4 Å². The zero-order valence-electron chi connectivity index (χ0n) is 9.05. The summed E-state index contributed by atoms with van der Waals surface area (Å²) in [5.41, 5.74) is 0. The Balaban J connectivity index is 1.88. The number of hydrogen-bond donors (Lipinski definition) is 1. The average Bonchev–Trinajstić information content (AvgIpc) is 2.78. The summed E-state index contributed by atoms with van der Waals surface area (Å²) >= 11 is 0. The predicted octanol–water partition coefficient (Wildman–Crippen LogP) is 0.364. The maximum atomic E-state index is 11.3. The summed E-state index contributed by atoms with van der Waals surface area (Å²) in [6, 6.07) is 3.40. The van der Waals surface area contributed by atoms with Crippen molar-refractivity contribution in [3.8, 4) is 5.75 Å². The van der Waals surface area contributed by atoms with Crippen molar-refractivity contribution >= 4 is 5.97 Å². The van der Waals surface area contributed by atoms with Crippen molar-refractivity contribution in [1.29, 1.82) is 0 Å². The van der Waals surface area contributed by atoms with Gasteiger partial charge in [0.1, 0.15) is 17.9 Å². The van der Waals surface area contributed by atoms with Crippen molar-refractivity contribution in [2.24, 2.45) is 0 Å². The molecular formula is C11H14N2O3. The largest absolute Gasteiger partial charge is 0.487 e. The number of carbonyl (C=O) groups excluding carboxylic acids is 1. The molecule has 0 saturated carbocycles. The highest BCUT2D eigenvalue weighted by Gasteiger charge is 2.31. The van der Waals surface area contributed by atoms with E-state index < -0.39 is 0 Å². The fourth-order valence-corrected chi connectivity index (χ4v) is 1.72. The molecule has 0 amide bonds. The highest BCUT2D eigenvalue weighted by molar-refractivity contribution is 5.76. The fraction of sp³-hybridized carbons (Fsp3) is 0.455. The van der Waals surface area contributed by atoms with Gasteiger partial charge in [0.25, 0.3) is 0 Å². The van der Waals surface area contributed by atoms with Crippen LogP contribution in [0.1, 0.15) is 6.42 Å². The lowest BCUT2D eigenvalue weighted by Gasteiger charge is -2.11. The predicted molar refractivity (Wildman–Crippen MR) is 57.1 cm³/mol. The third kappa shape index (κ3) is 2.49. The lowest BCUT2D eigenvalue weighted by Crippen LogP contribution is -2.31. The molecule has 0 radical (unpaired) electrons. The number of carbonyl (C=O) groups is 1. The van der Waals surface area contributed by atoms with Crippen LogP contribution in [0.4, 0.5) is 0 Å². The van der Waals surface area contributed by atoms with E-state index in [9.17, 15) is 4.79 Å². The second-order valence-electron chi connectivity index (χ2n) is 3.65. The molecule has 0 aromatic carbocycles. The molecule has 1 saturated heterocycles. The van der Waals surface area contributed by atoms with Gasteiger partial charge in [-0.3, -0.25) is 9.78 Å². The van der Waals surface area contributed by atoms with Gasteiger partial charge in [0.05, 0.1) is 13.3 Å². The van der Waals surface area contributed by atoms with Crippen LogP contribution in [0.15, 0.2) is 24.5 Å². The number of pyridine rings is 1. The van der Waals surface area contributed by atoms with Crippen molar-refractivity contribution in [3.63, 3.8) is 0 Å². The summed E-state index contributed by atoms with van der Waals surface area (Å²) in [6.07, 6.45) is 3.97. The van der Waals surface area contributed by atoms with Gasteiger partial charge in [-0.2, -0.15) is 0 Å². The highest BCUT2D eigenvalue weighted by atomic mass is 16.5. The van der Waals surface area contributed by atoms with E-state index in [1.807, 2.05) is 12.1 Å². The van der Waals surface area contributed by atoms with E-state index in [2.05, 4.69) is 15.0 Å². The molecule has 1 N–H and O–H groups in total. The quantitative estimate of drug-likeness (QED) is 0.748. The lowest BCUT2D eigenvalue weighted by atomic mass is 10.2. The molecule has 2 heterocycles. The molecule has 1 fully saturated rings. The van der Waals surface area contributed by atoms with Gasteiger partial charge >= 0.3 is 5.97 Å². The van der Waals surface area contributed by atoms with Crippen molar-refractivity contribution in [2.45, 2.75) is 18.6 Å². The van der Waals surface area contributed by atoms with Crippen LogP contribution in [0.2, 0.25) is 0 Å². The van der Waals surface area contributed by atoms with Crippen molar-refractivity contribution < 1.29 is 14.3 Å². The molecule has 1 aromatic heterocycles. The molecule has 1 aliphatic heterocycles. The van der Waals surface area contributed by atoms with Gasteiger partial charge in [-0.1, -0.05) is 0 Å². The Morgan fingerprint density at radius 3 is 3.19 bits per heavy atom. The monoisotopic (exact) mass is 222 g/mol. The Labute approximate surface area is 93.8 Å². The first-order chi connectivity index (χ1) is 7.79. The summed E-state index contributed by atoms with van der Waals surface area (Å²) in [5, 5.41) is 3.06. The second-order valence-corrected chi connectivity index (χ2v) is 3.65. The summed E-state index contributed by atoms with van der Waals surface area (Å²) in [5.74, 6) is 0.483. The topological polar surface area (TPSA) is 60.5 Å². The van der Waals surface area contributed by atoms with Crippen molar-refractivity contribution in [3.05, 3.63) is 24.5 Å². The number of nitrogens with one attached hydrogen (secondary N) is 1. The average molecular weight is 222 g/mol. The van der Waals surface area contributed by atoms with Crippen LogP contribution >= 0.6 is 0 Å². The summed E-state index contributed by atoms with van der Waals surface area (Å²) in [4.78, 5) is 15.2. The Morgan fingerprint density at radius 1 is 1.62 bits per heavy atom. The molecule has 1 aromatic rings.